The molecule has 0 saturated heterocycles. The van der Waals surface area contributed by atoms with Crippen molar-refractivity contribution in [3.8, 4) is 0 Å². The first-order chi connectivity index (χ1) is 13.7. The molecule has 3 aromatic carbocycles. The number of aryl methyl sites for hydroxylation is 1. The molecule has 2 nitrogen and oxygen atoms in total. The average molecular weight is 384 g/mol. The third-order valence-corrected chi connectivity index (χ3v) is 9.66. The van der Waals surface area contributed by atoms with E-state index in [4.69, 9.17) is 0 Å². The van der Waals surface area contributed by atoms with Gasteiger partial charge in [-0.05, 0) is 30.0 Å². The number of rotatable bonds is 5. The summed E-state index contributed by atoms with van der Waals surface area (Å²) in [6.07, 6.45) is 3.77. The molecule has 0 aliphatic heterocycles. The molecule has 1 atom stereocenters. The molecule has 4 rings (SSSR count). The lowest BCUT2D eigenvalue weighted by atomic mass is 10.1. The standard InChI is InChI=1S/C25H25NOSi/c1-28(21-11-4-2-5-12-21,22-13-6-3-7-14-22)19-18-25(27)26-24-17-16-20-10-8-9-15-23(20)24/h2-15,18-19,24H,16-17H2,1H3,(H,26,27). The highest BCUT2D eigenvalue weighted by atomic mass is 28.3. The highest BCUT2D eigenvalue weighted by Crippen LogP contribution is 2.30. The molecule has 0 spiro atoms. The van der Waals surface area contributed by atoms with Crippen LogP contribution in [0.15, 0.2) is 96.7 Å². The van der Waals surface area contributed by atoms with Crippen LogP contribution in [0, 0.1) is 0 Å². The molecule has 28 heavy (non-hydrogen) atoms. The Morgan fingerprint density at radius 2 is 1.46 bits per heavy atom. The zero-order chi connectivity index (χ0) is 19.4. The highest BCUT2D eigenvalue weighted by Gasteiger charge is 2.29. The van der Waals surface area contributed by atoms with Gasteiger partial charge in [-0.2, -0.15) is 0 Å². The van der Waals surface area contributed by atoms with Gasteiger partial charge >= 0.3 is 0 Å². The van der Waals surface area contributed by atoms with Gasteiger partial charge in [0.2, 0.25) is 5.91 Å². The molecule has 0 radical (unpaired) electrons. The van der Waals surface area contributed by atoms with Crippen LogP contribution in [0.3, 0.4) is 0 Å². The molecular formula is C25H25NOSi. The fourth-order valence-corrected chi connectivity index (χ4v) is 7.07. The minimum absolute atomic E-state index is 0.00714. The largest absolute Gasteiger partial charge is 0.346 e. The Labute approximate surface area is 167 Å². The van der Waals surface area contributed by atoms with Crippen LogP contribution >= 0.6 is 0 Å². The predicted octanol–water partition coefficient (Wildman–Crippen LogP) is 3.78. The van der Waals surface area contributed by atoms with E-state index in [1.165, 1.54) is 21.5 Å². The molecule has 3 heteroatoms. The van der Waals surface area contributed by atoms with Crippen LogP contribution in [0.4, 0.5) is 0 Å². The molecule has 140 valence electrons. The molecule has 3 aromatic rings. The summed E-state index contributed by atoms with van der Waals surface area (Å²) in [4.78, 5) is 12.7. The third kappa shape index (κ3) is 3.71. The molecular weight excluding hydrogens is 358 g/mol. The van der Waals surface area contributed by atoms with E-state index in [9.17, 15) is 4.79 Å². The minimum Gasteiger partial charge on any atom is -0.346 e. The van der Waals surface area contributed by atoms with Gasteiger partial charge in [0.05, 0.1) is 6.04 Å². The van der Waals surface area contributed by atoms with Crippen LogP contribution in [-0.4, -0.2) is 14.0 Å². The molecule has 0 saturated carbocycles. The lowest BCUT2D eigenvalue weighted by Crippen LogP contribution is -2.54. The van der Waals surface area contributed by atoms with E-state index in [0.29, 0.717) is 0 Å². The maximum Gasteiger partial charge on any atom is 0.243 e. The van der Waals surface area contributed by atoms with Crippen molar-refractivity contribution in [2.45, 2.75) is 25.4 Å². The summed E-state index contributed by atoms with van der Waals surface area (Å²) in [6, 6.07) is 29.6. The summed E-state index contributed by atoms with van der Waals surface area (Å²) >= 11 is 0. The van der Waals surface area contributed by atoms with E-state index in [0.717, 1.165) is 12.8 Å². The predicted molar refractivity (Wildman–Crippen MR) is 119 cm³/mol. The molecule has 1 aliphatic carbocycles. The van der Waals surface area contributed by atoms with Crippen molar-refractivity contribution >= 4 is 24.4 Å². The Morgan fingerprint density at radius 1 is 0.893 bits per heavy atom. The van der Waals surface area contributed by atoms with Crippen molar-refractivity contribution in [3.63, 3.8) is 0 Å². The first kappa shape index (κ1) is 18.5. The van der Waals surface area contributed by atoms with Gasteiger partial charge < -0.3 is 5.32 Å². The van der Waals surface area contributed by atoms with Gasteiger partial charge in [-0.1, -0.05) is 108 Å². The van der Waals surface area contributed by atoms with E-state index in [-0.39, 0.29) is 11.9 Å². The van der Waals surface area contributed by atoms with Gasteiger partial charge in [0.1, 0.15) is 8.07 Å². The number of fused-ring (bicyclic) bond motifs is 1. The zero-order valence-corrected chi connectivity index (χ0v) is 17.1. The van der Waals surface area contributed by atoms with Gasteiger partial charge in [-0.15, -0.1) is 0 Å². The van der Waals surface area contributed by atoms with Crippen molar-refractivity contribution < 1.29 is 4.79 Å². The molecule has 0 bridgehead atoms. The van der Waals surface area contributed by atoms with E-state index in [1.807, 2.05) is 18.2 Å². The van der Waals surface area contributed by atoms with Gasteiger partial charge in [0, 0.05) is 0 Å². The summed E-state index contributed by atoms with van der Waals surface area (Å²) in [5.41, 5.74) is 4.77. The van der Waals surface area contributed by atoms with E-state index >= 15 is 0 Å². The Kier molecular flexibility index (Phi) is 5.26. The Morgan fingerprint density at radius 3 is 2.11 bits per heavy atom. The quantitative estimate of drug-likeness (QED) is 0.527. The Hall–Kier alpha value is -2.91. The number of hydrogen-bond acceptors (Lipinski definition) is 1. The lowest BCUT2D eigenvalue weighted by molar-refractivity contribution is -0.117. The van der Waals surface area contributed by atoms with Crippen LogP contribution in [0.5, 0.6) is 0 Å². The fraction of sp³-hybridized carbons (Fsp3) is 0.160. The van der Waals surface area contributed by atoms with Crippen molar-refractivity contribution in [1.82, 2.24) is 5.32 Å². The molecule has 0 heterocycles. The Balaban J connectivity index is 1.57. The SMILES string of the molecule is C[Si](C=CC(=O)NC1CCc2ccccc21)(c1ccccc1)c1ccccc1. The van der Waals surface area contributed by atoms with Crippen LogP contribution in [-0.2, 0) is 11.2 Å². The van der Waals surface area contributed by atoms with Crippen molar-refractivity contribution in [2.24, 2.45) is 0 Å². The number of nitrogens with one attached hydrogen (secondary N) is 1. The topological polar surface area (TPSA) is 29.1 Å². The van der Waals surface area contributed by atoms with Crippen molar-refractivity contribution in [1.29, 1.82) is 0 Å². The van der Waals surface area contributed by atoms with Crippen LogP contribution in [0.25, 0.3) is 0 Å². The first-order valence-electron chi connectivity index (χ1n) is 9.85. The molecule has 1 amide bonds. The van der Waals surface area contributed by atoms with Crippen molar-refractivity contribution in [2.75, 3.05) is 0 Å². The number of carbonyl (C=O) groups excluding carboxylic acids is 1. The molecule has 0 aromatic heterocycles. The second kappa shape index (κ2) is 7.99. The number of benzene rings is 3. The molecule has 0 fully saturated rings. The third-order valence-electron chi connectivity index (χ3n) is 5.76. The minimum atomic E-state index is -2.13. The van der Waals surface area contributed by atoms with E-state index in [1.54, 1.807) is 6.08 Å². The van der Waals surface area contributed by atoms with E-state index in [2.05, 4.69) is 84.3 Å². The number of carbonyl (C=O) groups is 1. The lowest BCUT2D eigenvalue weighted by Gasteiger charge is -2.25. The normalized spacial score (nSPS) is 16.1. The second-order valence-electron chi connectivity index (χ2n) is 7.57. The average Bonchev–Trinajstić information content (AvgIpc) is 3.16. The highest BCUT2D eigenvalue weighted by molar-refractivity contribution is 7.05. The number of hydrogen-bond donors (Lipinski definition) is 1. The van der Waals surface area contributed by atoms with Crippen LogP contribution < -0.4 is 15.7 Å². The van der Waals surface area contributed by atoms with Crippen molar-refractivity contribution in [3.05, 3.63) is 108 Å². The molecule has 1 aliphatic rings. The Bertz CT molecular complexity index is 942. The summed E-state index contributed by atoms with van der Waals surface area (Å²) in [6.45, 7) is 2.30. The molecule has 1 unspecified atom stereocenters. The number of amides is 1. The van der Waals surface area contributed by atoms with Gasteiger partial charge in [0.25, 0.3) is 0 Å². The first-order valence-corrected chi connectivity index (χ1v) is 12.4. The smallest absolute Gasteiger partial charge is 0.243 e. The zero-order valence-electron chi connectivity index (χ0n) is 16.1. The van der Waals surface area contributed by atoms with Gasteiger partial charge in [-0.25, -0.2) is 0 Å². The van der Waals surface area contributed by atoms with Gasteiger partial charge in [0.15, 0.2) is 0 Å². The maximum atomic E-state index is 12.7. The van der Waals surface area contributed by atoms with Crippen LogP contribution in [0.1, 0.15) is 23.6 Å². The summed E-state index contributed by atoms with van der Waals surface area (Å²) < 4.78 is 0. The van der Waals surface area contributed by atoms with Gasteiger partial charge in [-0.3, -0.25) is 4.79 Å². The summed E-state index contributed by atoms with van der Waals surface area (Å²) in [5.74, 6) is -0.00714. The second-order valence-corrected chi connectivity index (χ2v) is 11.5. The monoisotopic (exact) mass is 383 g/mol. The van der Waals surface area contributed by atoms with Crippen LogP contribution in [0.2, 0.25) is 6.55 Å². The van der Waals surface area contributed by atoms with E-state index < -0.39 is 8.07 Å². The maximum absolute atomic E-state index is 12.7. The fourth-order valence-electron chi connectivity index (χ4n) is 4.10. The summed E-state index contributed by atoms with van der Waals surface area (Å²) in [5, 5.41) is 5.81. The molecule has 1 N–H and O–H groups in total. The summed E-state index contributed by atoms with van der Waals surface area (Å²) in [7, 11) is -2.13.